The molecule has 0 bridgehead atoms. The van der Waals surface area contributed by atoms with Crippen molar-refractivity contribution in [1.29, 1.82) is 0 Å². The van der Waals surface area contributed by atoms with Gasteiger partial charge < -0.3 is 9.64 Å². The van der Waals surface area contributed by atoms with Crippen molar-refractivity contribution in [2.75, 3.05) is 45.9 Å². The van der Waals surface area contributed by atoms with E-state index in [9.17, 15) is 0 Å². The third-order valence-corrected chi connectivity index (χ3v) is 5.24. The summed E-state index contributed by atoms with van der Waals surface area (Å²) < 4.78 is 5.49. The molecule has 122 valence electrons. The molecule has 0 N–H and O–H groups in total. The van der Waals surface area contributed by atoms with Gasteiger partial charge in [0.1, 0.15) is 0 Å². The van der Waals surface area contributed by atoms with Crippen LogP contribution >= 0.6 is 0 Å². The number of nitrogens with zero attached hydrogens (tertiary/aromatic N) is 3. The normalized spacial score (nSPS) is 22.8. The van der Waals surface area contributed by atoms with Crippen LogP contribution in [-0.4, -0.2) is 66.3 Å². The molecule has 0 aliphatic carbocycles. The summed E-state index contributed by atoms with van der Waals surface area (Å²) in [5.74, 6) is 0.714. The third kappa shape index (κ3) is 3.86. The average molecular weight is 303 g/mol. The van der Waals surface area contributed by atoms with E-state index in [1.54, 1.807) is 0 Å². The first-order valence-electron chi connectivity index (χ1n) is 8.60. The second-order valence-electron chi connectivity index (χ2n) is 7.24. The van der Waals surface area contributed by atoms with E-state index in [1.807, 2.05) is 12.4 Å². The Morgan fingerprint density at radius 3 is 2.36 bits per heavy atom. The molecule has 1 aromatic heterocycles. The molecule has 0 saturated carbocycles. The first-order chi connectivity index (χ1) is 10.6. The van der Waals surface area contributed by atoms with Crippen LogP contribution in [0.2, 0.25) is 0 Å². The summed E-state index contributed by atoms with van der Waals surface area (Å²) in [5, 5.41) is 0. The van der Waals surface area contributed by atoms with Gasteiger partial charge in [-0.05, 0) is 63.4 Å². The van der Waals surface area contributed by atoms with E-state index in [-0.39, 0.29) is 5.54 Å². The van der Waals surface area contributed by atoms with E-state index in [2.05, 4.69) is 40.8 Å². The molecule has 1 aromatic rings. The Hall–Kier alpha value is -0.970. The third-order valence-electron chi connectivity index (χ3n) is 5.24. The summed E-state index contributed by atoms with van der Waals surface area (Å²) in [5.41, 5.74) is 1.70. The van der Waals surface area contributed by atoms with Crippen molar-refractivity contribution in [2.45, 2.75) is 38.1 Å². The van der Waals surface area contributed by atoms with Gasteiger partial charge in [0.15, 0.2) is 0 Å². The van der Waals surface area contributed by atoms with Gasteiger partial charge >= 0.3 is 0 Å². The van der Waals surface area contributed by atoms with E-state index in [0.717, 1.165) is 32.8 Å². The van der Waals surface area contributed by atoms with Crippen molar-refractivity contribution in [3.05, 3.63) is 30.1 Å². The maximum Gasteiger partial charge on any atom is 0.0594 e. The zero-order chi connectivity index (χ0) is 15.4. The molecule has 0 atom stereocenters. The van der Waals surface area contributed by atoms with E-state index in [4.69, 9.17) is 4.74 Å². The predicted molar refractivity (Wildman–Crippen MR) is 89.1 cm³/mol. The molecule has 3 rings (SSSR count). The van der Waals surface area contributed by atoms with E-state index >= 15 is 0 Å². The van der Waals surface area contributed by atoms with Gasteiger partial charge in [-0.1, -0.05) is 0 Å². The molecular formula is C18H29N3O. The highest BCUT2D eigenvalue weighted by Crippen LogP contribution is 2.29. The fraction of sp³-hybridized carbons (Fsp3) is 0.722. The monoisotopic (exact) mass is 303 g/mol. The zero-order valence-electron chi connectivity index (χ0n) is 14.0. The number of likely N-dealkylation sites (tertiary alicyclic amines) is 1. The van der Waals surface area contributed by atoms with Crippen LogP contribution in [0.5, 0.6) is 0 Å². The standard InChI is InChI=1S/C18H29N3O/c1-18(2,21-11-13-22-14-12-21)15-20-9-5-17(6-10-20)16-3-7-19-8-4-16/h3-4,7-8,17H,5-6,9-15H2,1-2H3. The lowest BCUT2D eigenvalue weighted by atomic mass is 9.89. The topological polar surface area (TPSA) is 28.6 Å². The minimum absolute atomic E-state index is 0.243. The van der Waals surface area contributed by atoms with Crippen molar-refractivity contribution in [1.82, 2.24) is 14.8 Å². The lowest BCUT2D eigenvalue weighted by molar-refractivity contribution is -0.0238. The maximum atomic E-state index is 5.49. The molecule has 0 spiro atoms. The fourth-order valence-corrected chi connectivity index (χ4v) is 3.88. The quantitative estimate of drug-likeness (QED) is 0.854. The molecule has 0 radical (unpaired) electrons. The number of rotatable bonds is 4. The van der Waals surface area contributed by atoms with Crippen molar-refractivity contribution in [3.63, 3.8) is 0 Å². The first-order valence-corrected chi connectivity index (χ1v) is 8.60. The van der Waals surface area contributed by atoms with Gasteiger partial charge in [-0.3, -0.25) is 9.88 Å². The van der Waals surface area contributed by atoms with Gasteiger partial charge in [-0.2, -0.15) is 0 Å². The van der Waals surface area contributed by atoms with Crippen molar-refractivity contribution in [2.24, 2.45) is 0 Å². The number of pyridine rings is 1. The molecule has 3 heterocycles. The fourth-order valence-electron chi connectivity index (χ4n) is 3.88. The molecule has 0 aromatic carbocycles. The molecule has 0 amide bonds. The van der Waals surface area contributed by atoms with Crippen LogP contribution in [-0.2, 0) is 4.74 Å². The van der Waals surface area contributed by atoms with Gasteiger partial charge in [-0.25, -0.2) is 0 Å². The van der Waals surface area contributed by atoms with E-state index in [1.165, 1.54) is 31.5 Å². The Labute approximate surface area is 134 Å². The predicted octanol–water partition coefficient (Wildman–Crippen LogP) is 2.37. The van der Waals surface area contributed by atoms with Crippen molar-refractivity contribution in [3.8, 4) is 0 Å². The second-order valence-corrected chi connectivity index (χ2v) is 7.24. The molecule has 4 nitrogen and oxygen atoms in total. The van der Waals surface area contributed by atoms with E-state index < -0.39 is 0 Å². The number of hydrogen-bond donors (Lipinski definition) is 0. The Morgan fingerprint density at radius 2 is 1.73 bits per heavy atom. The summed E-state index contributed by atoms with van der Waals surface area (Å²) in [6.07, 6.45) is 6.37. The van der Waals surface area contributed by atoms with Gasteiger partial charge in [0, 0.05) is 37.6 Å². The van der Waals surface area contributed by atoms with Crippen LogP contribution in [0.4, 0.5) is 0 Å². The van der Waals surface area contributed by atoms with Crippen LogP contribution in [0.1, 0.15) is 38.2 Å². The summed E-state index contributed by atoms with van der Waals surface area (Å²) in [6, 6.07) is 4.36. The lowest BCUT2D eigenvalue weighted by Crippen LogP contribution is -2.56. The summed E-state index contributed by atoms with van der Waals surface area (Å²) in [6.45, 7) is 12.3. The highest BCUT2D eigenvalue weighted by Gasteiger charge is 2.31. The van der Waals surface area contributed by atoms with Gasteiger partial charge in [0.25, 0.3) is 0 Å². The highest BCUT2D eigenvalue weighted by molar-refractivity contribution is 5.16. The van der Waals surface area contributed by atoms with Crippen LogP contribution in [0.25, 0.3) is 0 Å². The molecule has 22 heavy (non-hydrogen) atoms. The average Bonchev–Trinajstić information content (AvgIpc) is 2.57. The molecule has 2 fully saturated rings. The minimum Gasteiger partial charge on any atom is -0.379 e. The van der Waals surface area contributed by atoms with Crippen LogP contribution in [0.3, 0.4) is 0 Å². The smallest absolute Gasteiger partial charge is 0.0594 e. The Balaban J connectivity index is 1.51. The summed E-state index contributed by atoms with van der Waals surface area (Å²) in [4.78, 5) is 9.36. The number of piperidine rings is 1. The van der Waals surface area contributed by atoms with Gasteiger partial charge in [0.2, 0.25) is 0 Å². The molecule has 0 unspecified atom stereocenters. The Morgan fingerprint density at radius 1 is 1.09 bits per heavy atom. The van der Waals surface area contributed by atoms with Crippen LogP contribution in [0, 0.1) is 0 Å². The van der Waals surface area contributed by atoms with Crippen molar-refractivity contribution >= 4 is 0 Å². The summed E-state index contributed by atoms with van der Waals surface area (Å²) >= 11 is 0. The highest BCUT2D eigenvalue weighted by atomic mass is 16.5. The number of hydrogen-bond acceptors (Lipinski definition) is 4. The Bertz CT molecular complexity index is 449. The zero-order valence-corrected chi connectivity index (χ0v) is 14.0. The lowest BCUT2D eigenvalue weighted by Gasteiger charge is -2.45. The van der Waals surface area contributed by atoms with Crippen LogP contribution < -0.4 is 0 Å². The van der Waals surface area contributed by atoms with Gasteiger partial charge in [-0.15, -0.1) is 0 Å². The number of morpholine rings is 1. The van der Waals surface area contributed by atoms with Gasteiger partial charge in [0.05, 0.1) is 13.2 Å². The molecule has 4 heteroatoms. The molecule has 2 aliphatic heterocycles. The molecule has 2 saturated heterocycles. The number of aromatic nitrogens is 1. The molecular weight excluding hydrogens is 274 g/mol. The van der Waals surface area contributed by atoms with E-state index in [0.29, 0.717) is 5.92 Å². The molecule has 2 aliphatic rings. The minimum atomic E-state index is 0.243. The SMILES string of the molecule is CC(C)(CN1CCC(c2ccncc2)CC1)N1CCOCC1. The second kappa shape index (κ2) is 7.07. The number of ether oxygens (including phenoxy) is 1. The van der Waals surface area contributed by atoms with Crippen LogP contribution in [0.15, 0.2) is 24.5 Å². The Kier molecular flexibility index (Phi) is 5.11. The maximum absolute atomic E-state index is 5.49. The van der Waals surface area contributed by atoms with Crippen molar-refractivity contribution < 1.29 is 4.74 Å². The summed E-state index contributed by atoms with van der Waals surface area (Å²) in [7, 11) is 0. The first kappa shape index (κ1) is 15.9. The largest absolute Gasteiger partial charge is 0.379 e.